The number of hydrogen-bond acceptors (Lipinski definition) is 6. The second-order valence-corrected chi connectivity index (χ2v) is 7.01. The van der Waals surface area contributed by atoms with Gasteiger partial charge < -0.3 is 14.8 Å². The summed E-state index contributed by atoms with van der Waals surface area (Å²) in [7, 11) is 1.29. The van der Waals surface area contributed by atoms with E-state index in [1.165, 1.54) is 18.4 Å². The molecule has 24 heavy (non-hydrogen) atoms. The Bertz CT molecular complexity index is 637. The molecule has 0 radical (unpaired) electrons. The fourth-order valence-electron chi connectivity index (χ4n) is 2.76. The Kier molecular flexibility index (Phi) is 6.36. The van der Waals surface area contributed by atoms with Crippen molar-refractivity contribution in [3.63, 3.8) is 0 Å². The van der Waals surface area contributed by atoms with Crippen LogP contribution in [0.1, 0.15) is 53.9 Å². The first-order valence-electron chi connectivity index (χ1n) is 8.14. The van der Waals surface area contributed by atoms with Crippen LogP contribution in [0, 0.1) is 5.92 Å². The van der Waals surface area contributed by atoms with E-state index in [2.05, 4.69) is 17.0 Å². The molecule has 6 nitrogen and oxygen atoms in total. The predicted octanol–water partition coefficient (Wildman–Crippen LogP) is 2.94. The number of amides is 1. The first-order chi connectivity index (χ1) is 11.5. The van der Waals surface area contributed by atoms with E-state index in [1.807, 2.05) is 0 Å². The zero-order valence-corrected chi connectivity index (χ0v) is 15.1. The van der Waals surface area contributed by atoms with Crippen molar-refractivity contribution in [2.24, 2.45) is 5.92 Å². The maximum Gasteiger partial charge on any atom is 0.341 e. The molecule has 1 aliphatic rings. The van der Waals surface area contributed by atoms with Crippen molar-refractivity contribution in [1.82, 2.24) is 0 Å². The Balaban J connectivity index is 2.20. The first kappa shape index (κ1) is 18.4. The van der Waals surface area contributed by atoms with Gasteiger partial charge >= 0.3 is 11.9 Å². The lowest BCUT2D eigenvalue weighted by Gasteiger charge is -2.18. The fourth-order valence-corrected chi connectivity index (χ4v) is 4.18. The number of esters is 2. The molecule has 1 N–H and O–H groups in total. The van der Waals surface area contributed by atoms with Gasteiger partial charge in [0.25, 0.3) is 0 Å². The molecular formula is C17H23NO5S. The number of methoxy groups -OCH3 is 1. The number of hydrogen-bond donors (Lipinski definition) is 1. The normalized spacial score (nSPS) is 16.2. The monoisotopic (exact) mass is 353 g/mol. The Morgan fingerprint density at radius 1 is 1.29 bits per heavy atom. The lowest BCUT2D eigenvalue weighted by atomic mass is 9.88. The van der Waals surface area contributed by atoms with E-state index < -0.39 is 11.9 Å². The van der Waals surface area contributed by atoms with Crippen molar-refractivity contribution in [2.45, 2.75) is 46.0 Å². The number of rotatable bonds is 6. The van der Waals surface area contributed by atoms with Gasteiger partial charge in [0, 0.05) is 11.3 Å². The minimum Gasteiger partial charge on any atom is -0.469 e. The lowest BCUT2D eigenvalue weighted by molar-refractivity contribution is -0.141. The van der Waals surface area contributed by atoms with Gasteiger partial charge in [0.05, 0.1) is 25.7 Å². The van der Waals surface area contributed by atoms with Crippen molar-refractivity contribution in [1.29, 1.82) is 0 Å². The summed E-state index contributed by atoms with van der Waals surface area (Å²) >= 11 is 1.44. The average Bonchev–Trinajstić information content (AvgIpc) is 2.89. The summed E-state index contributed by atoms with van der Waals surface area (Å²) in [6, 6.07) is 0. The summed E-state index contributed by atoms with van der Waals surface area (Å²) in [4.78, 5) is 36.7. The van der Waals surface area contributed by atoms with E-state index in [0.29, 0.717) is 16.5 Å². The summed E-state index contributed by atoms with van der Waals surface area (Å²) in [5.41, 5.74) is 1.48. The van der Waals surface area contributed by atoms with Gasteiger partial charge in [-0.15, -0.1) is 11.3 Å². The number of ether oxygens (including phenoxy) is 2. The molecule has 1 aromatic rings. The molecule has 0 bridgehead atoms. The van der Waals surface area contributed by atoms with Gasteiger partial charge in [-0.2, -0.15) is 0 Å². The van der Waals surface area contributed by atoms with Crippen LogP contribution in [0.5, 0.6) is 0 Å². The van der Waals surface area contributed by atoms with Crippen LogP contribution in [-0.2, 0) is 31.9 Å². The molecule has 1 atom stereocenters. The van der Waals surface area contributed by atoms with Gasteiger partial charge in [-0.25, -0.2) is 4.79 Å². The highest BCUT2D eigenvalue weighted by molar-refractivity contribution is 7.17. The summed E-state index contributed by atoms with van der Waals surface area (Å²) in [5.74, 6) is -0.574. The van der Waals surface area contributed by atoms with Crippen molar-refractivity contribution >= 4 is 34.2 Å². The van der Waals surface area contributed by atoms with Gasteiger partial charge in [-0.1, -0.05) is 6.92 Å². The number of carbonyl (C=O) groups is 3. The quantitative estimate of drug-likeness (QED) is 0.795. The second kappa shape index (κ2) is 8.28. The van der Waals surface area contributed by atoms with Crippen LogP contribution in [0.15, 0.2) is 0 Å². The number of nitrogens with one attached hydrogen (secondary N) is 1. The maximum atomic E-state index is 12.3. The minimum absolute atomic E-state index is 0.0131. The Morgan fingerprint density at radius 3 is 2.71 bits per heavy atom. The van der Waals surface area contributed by atoms with E-state index in [9.17, 15) is 14.4 Å². The lowest BCUT2D eigenvalue weighted by Crippen LogP contribution is -2.17. The van der Waals surface area contributed by atoms with Crippen molar-refractivity contribution in [3.05, 3.63) is 16.0 Å². The molecule has 1 aromatic heterocycles. The van der Waals surface area contributed by atoms with Gasteiger partial charge in [-0.05, 0) is 37.7 Å². The third-order valence-electron chi connectivity index (χ3n) is 4.03. The number of carbonyl (C=O) groups excluding carboxylic acids is 3. The molecule has 0 saturated heterocycles. The molecule has 0 fully saturated rings. The Morgan fingerprint density at radius 2 is 2.04 bits per heavy atom. The number of fused-ring (bicyclic) bond motifs is 1. The van der Waals surface area contributed by atoms with Gasteiger partial charge in [0.1, 0.15) is 5.00 Å². The van der Waals surface area contributed by atoms with Crippen molar-refractivity contribution in [2.75, 3.05) is 19.0 Å². The summed E-state index contributed by atoms with van der Waals surface area (Å²) in [6.07, 6.45) is 2.78. The summed E-state index contributed by atoms with van der Waals surface area (Å²) in [6.45, 7) is 4.23. The molecule has 132 valence electrons. The molecule has 7 heteroatoms. The molecule has 2 rings (SSSR count). The highest BCUT2D eigenvalue weighted by Crippen LogP contribution is 2.40. The molecule has 0 saturated carbocycles. The first-order valence-corrected chi connectivity index (χ1v) is 8.96. The third kappa shape index (κ3) is 4.35. The number of anilines is 1. The fraction of sp³-hybridized carbons (Fsp3) is 0.588. The van der Waals surface area contributed by atoms with Crippen LogP contribution in [0.25, 0.3) is 0 Å². The topological polar surface area (TPSA) is 81.7 Å². The second-order valence-electron chi connectivity index (χ2n) is 5.90. The van der Waals surface area contributed by atoms with Crippen LogP contribution in [0.4, 0.5) is 5.00 Å². The van der Waals surface area contributed by atoms with Crippen LogP contribution >= 0.6 is 11.3 Å². The van der Waals surface area contributed by atoms with Gasteiger partial charge in [-0.3, -0.25) is 9.59 Å². The zero-order valence-electron chi connectivity index (χ0n) is 14.3. The molecule has 0 unspecified atom stereocenters. The summed E-state index contributed by atoms with van der Waals surface area (Å²) < 4.78 is 9.69. The maximum absolute atomic E-state index is 12.3. The van der Waals surface area contributed by atoms with Gasteiger partial charge in [0.2, 0.25) is 5.91 Å². The molecule has 0 aliphatic heterocycles. The Hall–Kier alpha value is -1.89. The van der Waals surface area contributed by atoms with Crippen molar-refractivity contribution < 1.29 is 23.9 Å². The van der Waals surface area contributed by atoms with Crippen LogP contribution in [0.2, 0.25) is 0 Å². The largest absolute Gasteiger partial charge is 0.469 e. The standard InChI is InChI=1S/C17H23NO5S/c1-4-23-17(21)15-11-6-5-10(2)9-12(11)24-16(15)18-13(19)7-8-14(20)22-3/h10H,4-9H2,1-3H3,(H,18,19)/t10-/m1/s1. The zero-order chi connectivity index (χ0) is 17.7. The SMILES string of the molecule is CCOC(=O)c1c(NC(=O)CCC(=O)OC)sc2c1CC[C@@H](C)C2. The Labute approximate surface area is 145 Å². The minimum atomic E-state index is -0.435. The highest BCUT2D eigenvalue weighted by atomic mass is 32.1. The molecule has 0 spiro atoms. The molecule has 1 heterocycles. The number of thiophene rings is 1. The molecule has 0 aromatic carbocycles. The van der Waals surface area contributed by atoms with Crippen LogP contribution in [-0.4, -0.2) is 31.6 Å². The van der Waals surface area contributed by atoms with Crippen molar-refractivity contribution in [3.8, 4) is 0 Å². The van der Waals surface area contributed by atoms with Gasteiger partial charge in [0.15, 0.2) is 0 Å². The van der Waals surface area contributed by atoms with E-state index in [4.69, 9.17) is 4.74 Å². The van der Waals surface area contributed by atoms with Crippen LogP contribution in [0.3, 0.4) is 0 Å². The van der Waals surface area contributed by atoms with E-state index in [0.717, 1.165) is 29.7 Å². The smallest absolute Gasteiger partial charge is 0.341 e. The molecular weight excluding hydrogens is 330 g/mol. The highest BCUT2D eigenvalue weighted by Gasteiger charge is 2.29. The predicted molar refractivity (Wildman–Crippen MR) is 91.3 cm³/mol. The third-order valence-corrected chi connectivity index (χ3v) is 5.20. The van der Waals surface area contributed by atoms with E-state index in [-0.39, 0.29) is 25.4 Å². The van der Waals surface area contributed by atoms with Crippen LogP contribution < -0.4 is 5.32 Å². The molecule has 1 aliphatic carbocycles. The van der Waals surface area contributed by atoms with E-state index >= 15 is 0 Å². The molecule has 1 amide bonds. The average molecular weight is 353 g/mol. The summed E-state index contributed by atoms with van der Waals surface area (Å²) in [5, 5.41) is 3.30. The van der Waals surface area contributed by atoms with E-state index in [1.54, 1.807) is 6.92 Å².